The highest BCUT2D eigenvalue weighted by Crippen LogP contribution is 2.36. The van der Waals surface area contributed by atoms with Crippen molar-refractivity contribution >= 4 is 0 Å². The Morgan fingerprint density at radius 1 is 1.31 bits per heavy atom. The molecule has 0 aromatic heterocycles. The fourth-order valence-corrected chi connectivity index (χ4v) is 2.21. The molecule has 3 heteroatoms. The molecule has 0 aromatic rings. The Morgan fingerprint density at radius 2 is 1.94 bits per heavy atom. The molecule has 16 heavy (non-hydrogen) atoms. The van der Waals surface area contributed by atoms with Crippen LogP contribution in [0.3, 0.4) is 0 Å². The largest absolute Gasteiger partial charge is 0.394 e. The van der Waals surface area contributed by atoms with Crippen LogP contribution < -0.4 is 5.32 Å². The van der Waals surface area contributed by atoms with Gasteiger partial charge in [-0.2, -0.15) is 0 Å². The number of aliphatic hydroxyl groups excluding tert-OH is 1. The zero-order chi connectivity index (χ0) is 12.0. The van der Waals surface area contributed by atoms with Crippen molar-refractivity contribution in [3.63, 3.8) is 0 Å². The first-order valence-electron chi connectivity index (χ1n) is 6.71. The van der Waals surface area contributed by atoms with Gasteiger partial charge < -0.3 is 15.3 Å². The number of likely N-dealkylation sites (N-methyl/N-ethyl adjacent to an activating group) is 1. The lowest BCUT2D eigenvalue weighted by Crippen LogP contribution is -2.48. The maximum Gasteiger partial charge on any atom is 0.0610 e. The highest BCUT2D eigenvalue weighted by molar-refractivity contribution is 4.89. The smallest absolute Gasteiger partial charge is 0.0610 e. The summed E-state index contributed by atoms with van der Waals surface area (Å²) in [7, 11) is 0. The van der Waals surface area contributed by atoms with Gasteiger partial charge in [-0.05, 0) is 32.4 Å². The molecule has 3 nitrogen and oxygen atoms in total. The summed E-state index contributed by atoms with van der Waals surface area (Å²) < 4.78 is 0. The summed E-state index contributed by atoms with van der Waals surface area (Å²) in [6.07, 6.45) is 3.84. The fourth-order valence-electron chi connectivity index (χ4n) is 2.21. The van der Waals surface area contributed by atoms with Crippen LogP contribution in [0.4, 0.5) is 0 Å². The molecule has 1 fully saturated rings. The molecule has 1 aliphatic rings. The van der Waals surface area contributed by atoms with Crippen LogP contribution in [0.25, 0.3) is 0 Å². The fraction of sp³-hybridized carbons (Fsp3) is 1.00. The van der Waals surface area contributed by atoms with Crippen LogP contribution in [-0.2, 0) is 0 Å². The van der Waals surface area contributed by atoms with Gasteiger partial charge in [0.25, 0.3) is 0 Å². The molecule has 1 aliphatic carbocycles. The Bertz CT molecular complexity index is 190. The second kappa shape index (κ2) is 6.58. The first kappa shape index (κ1) is 13.9. The van der Waals surface area contributed by atoms with E-state index < -0.39 is 0 Å². The molecule has 1 atom stereocenters. The SMILES string of the molecule is CCN(CC)CCNC(C)(CO)CC1CC1. The van der Waals surface area contributed by atoms with Crippen molar-refractivity contribution in [1.29, 1.82) is 0 Å². The molecular formula is C13H28N2O. The summed E-state index contributed by atoms with van der Waals surface area (Å²) in [5.74, 6) is 0.859. The molecule has 0 aliphatic heterocycles. The highest BCUT2D eigenvalue weighted by atomic mass is 16.3. The van der Waals surface area contributed by atoms with E-state index in [2.05, 4.69) is 31.0 Å². The van der Waals surface area contributed by atoms with Crippen LogP contribution in [0.5, 0.6) is 0 Å². The van der Waals surface area contributed by atoms with Crippen molar-refractivity contribution in [2.24, 2.45) is 5.92 Å². The van der Waals surface area contributed by atoms with E-state index >= 15 is 0 Å². The molecule has 1 unspecified atom stereocenters. The van der Waals surface area contributed by atoms with Gasteiger partial charge in [-0.1, -0.05) is 26.7 Å². The van der Waals surface area contributed by atoms with Gasteiger partial charge in [-0.3, -0.25) is 0 Å². The Balaban J connectivity index is 2.21. The summed E-state index contributed by atoms with van der Waals surface area (Å²) in [5, 5.41) is 13.0. The van der Waals surface area contributed by atoms with E-state index in [0.29, 0.717) is 0 Å². The van der Waals surface area contributed by atoms with Gasteiger partial charge >= 0.3 is 0 Å². The zero-order valence-corrected chi connectivity index (χ0v) is 11.1. The van der Waals surface area contributed by atoms with E-state index in [4.69, 9.17) is 0 Å². The average molecular weight is 228 g/mol. The first-order chi connectivity index (χ1) is 7.63. The standard InChI is InChI=1S/C13H28N2O/c1-4-15(5-2)9-8-14-13(3,11-16)10-12-6-7-12/h12,14,16H,4-11H2,1-3H3. The third-order valence-electron chi connectivity index (χ3n) is 3.66. The van der Waals surface area contributed by atoms with E-state index in [-0.39, 0.29) is 12.1 Å². The minimum absolute atomic E-state index is 0.0612. The maximum atomic E-state index is 9.47. The molecule has 0 heterocycles. The molecule has 96 valence electrons. The van der Waals surface area contributed by atoms with Crippen molar-refractivity contribution in [2.45, 2.75) is 45.6 Å². The summed E-state index contributed by atoms with van der Waals surface area (Å²) >= 11 is 0. The van der Waals surface area contributed by atoms with Crippen molar-refractivity contribution in [2.75, 3.05) is 32.8 Å². The third-order valence-corrected chi connectivity index (χ3v) is 3.66. The maximum absolute atomic E-state index is 9.47. The van der Waals surface area contributed by atoms with Gasteiger partial charge in [0.05, 0.1) is 6.61 Å². The number of rotatable bonds is 9. The first-order valence-corrected chi connectivity index (χ1v) is 6.71. The van der Waals surface area contributed by atoms with E-state index in [0.717, 1.165) is 38.5 Å². The predicted octanol–water partition coefficient (Wildman–Crippen LogP) is 1.47. The van der Waals surface area contributed by atoms with Crippen LogP contribution in [0.1, 0.15) is 40.0 Å². The lowest BCUT2D eigenvalue weighted by atomic mass is 9.96. The van der Waals surface area contributed by atoms with Gasteiger partial charge in [0.1, 0.15) is 0 Å². The Kier molecular flexibility index (Phi) is 5.73. The van der Waals surface area contributed by atoms with E-state index in [1.54, 1.807) is 0 Å². The second-order valence-corrected chi connectivity index (χ2v) is 5.32. The molecule has 1 saturated carbocycles. The van der Waals surface area contributed by atoms with E-state index in [1.807, 2.05) is 0 Å². The number of hydrogen-bond acceptors (Lipinski definition) is 3. The number of nitrogens with one attached hydrogen (secondary N) is 1. The zero-order valence-electron chi connectivity index (χ0n) is 11.1. The van der Waals surface area contributed by atoms with Crippen molar-refractivity contribution in [3.05, 3.63) is 0 Å². The second-order valence-electron chi connectivity index (χ2n) is 5.32. The molecule has 0 radical (unpaired) electrons. The minimum atomic E-state index is -0.0612. The lowest BCUT2D eigenvalue weighted by molar-refractivity contribution is 0.154. The van der Waals surface area contributed by atoms with E-state index in [1.165, 1.54) is 12.8 Å². The predicted molar refractivity (Wildman–Crippen MR) is 68.6 cm³/mol. The summed E-state index contributed by atoms with van der Waals surface area (Å²) in [6.45, 7) is 11.1. The van der Waals surface area contributed by atoms with Crippen LogP contribution in [0.15, 0.2) is 0 Å². The van der Waals surface area contributed by atoms with Crippen LogP contribution in [0.2, 0.25) is 0 Å². The monoisotopic (exact) mass is 228 g/mol. The van der Waals surface area contributed by atoms with Crippen molar-refractivity contribution in [3.8, 4) is 0 Å². The minimum Gasteiger partial charge on any atom is -0.394 e. The van der Waals surface area contributed by atoms with Crippen LogP contribution >= 0.6 is 0 Å². The van der Waals surface area contributed by atoms with Crippen molar-refractivity contribution < 1.29 is 5.11 Å². The van der Waals surface area contributed by atoms with Crippen LogP contribution in [0, 0.1) is 5.92 Å². The van der Waals surface area contributed by atoms with Gasteiger partial charge in [-0.15, -0.1) is 0 Å². The quantitative estimate of drug-likeness (QED) is 0.627. The van der Waals surface area contributed by atoms with Gasteiger partial charge in [-0.25, -0.2) is 0 Å². The average Bonchev–Trinajstić information content (AvgIpc) is 3.08. The Labute approximate surface area is 100 Å². The summed E-state index contributed by atoms with van der Waals surface area (Å²) in [4.78, 5) is 2.40. The molecule has 0 aromatic carbocycles. The molecule has 0 saturated heterocycles. The molecule has 1 rings (SSSR count). The lowest BCUT2D eigenvalue weighted by Gasteiger charge is -2.30. The number of aliphatic hydroxyl groups is 1. The van der Waals surface area contributed by atoms with Gasteiger partial charge in [0, 0.05) is 18.6 Å². The number of nitrogens with zero attached hydrogens (tertiary/aromatic N) is 1. The van der Waals surface area contributed by atoms with Gasteiger partial charge in [0.15, 0.2) is 0 Å². The van der Waals surface area contributed by atoms with Crippen LogP contribution in [-0.4, -0.2) is 48.3 Å². The molecule has 0 spiro atoms. The normalized spacial score (nSPS) is 20.1. The third kappa shape index (κ3) is 4.81. The molecule has 2 N–H and O–H groups in total. The Hall–Kier alpha value is -0.120. The number of hydrogen-bond donors (Lipinski definition) is 2. The summed E-state index contributed by atoms with van der Waals surface area (Å²) in [6, 6.07) is 0. The Morgan fingerprint density at radius 3 is 2.38 bits per heavy atom. The highest BCUT2D eigenvalue weighted by Gasteiger charge is 2.32. The van der Waals surface area contributed by atoms with Crippen molar-refractivity contribution in [1.82, 2.24) is 10.2 Å². The topological polar surface area (TPSA) is 35.5 Å². The van der Waals surface area contributed by atoms with Gasteiger partial charge in [0.2, 0.25) is 0 Å². The molecule has 0 bridgehead atoms. The molecular weight excluding hydrogens is 200 g/mol. The summed E-state index contributed by atoms with van der Waals surface area (Å²) in [5.41, 5.74) is -0.0612. The van der Waals surface area contributed by atoms with E-state index in [9.17, 15) is 5.11 Å². The molecule has 0 amide bonds.